The van der Waals surface area contributed by atoms with Gasteiger partial charge in [0.25, 0.3) is 0 Å². The summed E-state index contributed by atoms with van der Waals surface area (Å²) in [5, 5.41) is 9.02. The lowest BCUT2D eigenvalue weighted by Crippen LogP contribution is -2.33. The molecule has 1 aromatic rings. The highest BCUT2D eigenvalue weighted by molar-refractivity contribution is 7.89. The molecule has 0 atom stereocenters. The number of rotatable bonds is 6. The van der Waals surface area contributed by atoms with Crippen molar-refractivity contribution in [3.8, 4) is 0 Å². The molecule has 0 heterocycles. The molecule has 0 aromatic heterocycles. The van der Waals surface area contributed by atoms with Gasteiger partial charge < -0.3 is 5.11 Å². The molecule has 0 aliphatic heterocycles. The van der Waals surface area contributed by atoms with Gasteiger partial charge in [0, 0.05) is 18.1 Å². The maximum Gasteiger partial charge on any atom is 0.304 e. The molecule has 0 bridgehead atoms. The zero-order valence-corrected chi connectivity index (χ0v) is 12.3. The Bertz CT molecular complexity index is 571. The lowest BCUT2D eigenvalue weighted by atomic mass is 10.2. The van der Waals surface area contributed by atoms with Gasteiger partial charge >= 0.3 is 5.97 Å². The van der Waals surface area contributed by atoms with Gasteiger partial charge in [-0.1, -0.05) is 24.6 Å². The SMILES string of the molecule is CCN(CCC(=O)O)S(=O)(=O)c1cccc(Cl)c1C. The topological polar surface area (TPSA) is 74.7 Å². The number of nitrogens with zero attached hydrogens (tertiary/aromatic N) is 1. The van der Waals surface area contributed by atoms with E-state index in [1.165, 1.54) is 6.07 Å². The van der Waals surface area contributed by atoms with Crippen molar-refractivity contribution in [2.75, 3.05) is 13.1 Å². The number of carbonyl (C=O) groups is 1. The van der Waals surface area contributed by atoms with Gasteiger partial charge in [0.05, 0.1) is 11.3 Å². The van der Waals surface area contributed by atoms with E-state index < -0.39 is 16.0 Å². The number of hydrogen-bond acceptors (Lipinski definition) is 3. The molecule has 0 aliphatic carbocycles. The van der Waals surface area contributed by atoms with Crippen LogP contribution in [0.1, 0.15) is 18.9 Å². The van der Waals surface area contributed by atoms with Crippen molar-refractivity contribution in [1.82, 2.24) is 4.31 Å². The fourth-order valence-corrected chi connectivity index (χ4v) is 3.60. The van der Waals surface area contributed by atoms with E-state index in [4.69, 9.17) is 16.7 Å². The first-order valence-electron chi connectivity index (χ1n) is 5.77. The van der Waals surface area contributed by atoms with Crippen LogP contribution in [0, 0.1) is 6.92 Å². The Labute approximate surface area is 117 Å². The number of halogens is 1. The lowest BCUT2D eigenvalue weighted by Gasteiger charge is -2.21. The Kier molecular flexibility index (Phi) is 5.34. The third kappa shape index (κ3) is 3.68. The van der Waals surface area contributed by atoms with Crippen molar-refractivity contribution in [3.63, 3.8) is 0 Å². The van der Waals surface area contributed by atoms with Crippen LogP contribution in [0.15, 0.2) is 23.1 Å². The third-order valence-corrected chi connectivity index (χ3v) is 5.29. The number of carboxylic acid groups (broad SMARTS) is 1. The van der Waals surface area contributed by atoms with Gasteiger partial charge in [-0.15, -0.1) is 0 Å². The highest BCUT2D eigenvalue weighted by Crippen LogP contribution is 2.25. The molecule has 0 aliphatic rings. The monoisotopic (exact) mass is 305 g/mol. The van der Waals surface area contributed by atoms with Crippen molar-refractivity contribution in [3.05, 3.63) is 28.8 Å². The lowest BCUT2D eigenvalue weighted by molar-refractivity contribution is -0.137. The van der Waals surface area contributed by atoms with Crippen LogP contribution in [0.2, 0.25) is 5.02 Å². The first-order valence-corrected chi connectivity index (χ1v) is 7.59. The minimum absolute atomic E-state index is 0.0554. The fraction of sp³-hybridized carbons (Fsp3) is 0.417. The Hall–Kier alpha value is -1.11. The largest absolute Gasteiger partial charge is 0.481 e. The molecule has 1 rings (SSSR count). The van der Waals surface area contributed by atoms with Gasteiger partial charge in [-0.25, -0.2) is 8.42 Å². The summed E-state index contributed by atoms with van der Waals surface area (Å²) < 4.78 is 26.0. The minimum atomic E-state index is -3.71. The molecular formula is C12H16ClNO4S. The summed E-state index contributed by atoms with van der Waals surface area (Å²) in [4.78, 5) is 10.7. The summed E-state index contributed by atoms with van der Waals surface area (Å²) in [7, 11) is -3.71. The highest BCUT2D eigenvalue weighted by atomic mass is 35.5. The Morgan fingerprint density at radius 3 is 2.58 bits per heavy atom. The fourth-order valence-electron chi connectivity index (χ4n) is 1.67. The van der Waals surface area contributed by atoms with Gasteiger partial charge in [-0.3, -0.25) is 4.79 Å². The number of hydrogen-bond donors (Lipinski definition) is 1. The van der Waals surface area contributed by atoms with Crippen LogP contribution in [0.5, 0.6) is 0 Å². The molecule has 0 fully saturated rings. The normalized spacial score (nSPS) is 11.8. The number of benzene rings is 1. The van der Waals surface area contributed by atoms with E-state index in [0.29, 0.717) is 10.6 Å². The van der Waals surface area contributed by atoms with Crippen molar-refractivity contribution in [1.29, 1.82) is 0 Å². The predicted octanol–water partition coefficient (Wildman–Crippen LogP) is 2.13. The molecule has 19 heavy (non-hydrogen) atoms. The van der Waals surface area contributed by atoms with Gasteiger partial charge in [0.2, 0.25) is 10.0 Å². The molecule has 1 aromatic carbocycles. The molecule has 0 radical (unpaired) electrons. The third-order valence-electron chi connectivity index (χ3n) is 2.76. The molecule has 106 valence electrons. The maximum atomic E-state index is 12.4. The summed E-state index contributed by atoms with van der Waals surface area (Å²) >= 11 is 5.92. The summed E-state index contributed by atoms with van der Waals surface area (Å²) in [6.45, 7) is 3.45. The summed E-state index contributed by atoms with van der Waals surface area (Å²) in [6, 6.07) is 4.65. The Morgan fingerprint density at radius 1 is 1.42 bits per heavy atom. The summed E-state index contributed by atoms with van der Waals surface area (Å²) in [5.74, 6) is -1.03. The van der Waals surface area contributed by atoms with E-state index in [9.17, 15) is 13.2 Å². The van der Waals surface area contributed by atoms with Crippen LogP contribution in [0.3, 0.4) is 0 Å². The van der Waals surface area contributed by atoms with Crippen molar-refractivity contribution >= 4 is 27.6 Å². The molecule has 0 saturated carbocycles. The second kappa shape index (κ2) is 6.36. The molecule has 0 unspecified atom stereocenters. The minimum Gasteiger partial charge on any atom is -0.481 e. The molecule has 7 heteroatoms. The molecule has 1 N–H and O–H groups in total. The van der Waals surface area contributed by atoms with Crippen LogP contribution < -0.4 is 0 Å². The zero-order valence-electron chi connectivity index (χ0n) is 10.8. The number of carboxylic acids is 1. The average molecular weight is 306 g/mol. The second-order valence-electron chi connectivity index (χ2n) is 4.00. The van der Waals surface area contributed by atoms with Gasteiger partial charge in [-0.05, 0) is 24.6 Å². The van der Waals surface area contributed by atoms with Crippen molar-refractivity contribution in [2.24, 2.45) is 0 Å². The Morgan fingerprint density at radius 2 is 2.05 bits per heavy atom. The van der Waals surface area contributed by atoms with E-state index in [-0.39, 0.29) is 24.4 Å². The van der Waals surface area contributed by atoms with Crippen molar-refractivity contribution < 1.29 is 18.3 Å². The van der Waals surface area contributed by atoms with Gasteiger partial charge in [0.1, 0.15) is 0 Å². The van der Waals surface area contributed by atoms with E-state index in [1.54, 1.807) is 26.0 Å². The van der Waals surface area contributed by atoms with Crippen LogP contribution in [-0.4, -0.2) is 36.9 Å². The number of sulfonamides is 1. The standard InChI is InChI=1S/C12H16ClNO4S/c1-3-14(8-7-12(15)16)19(17,18)11-6-4-5-10(13)9(11)2/h4-6H,3,7-8H2,1-2H3,(H,15,16). The van der Waals surface area contributed by atoms with E-state index in [0.717, 1.165) is 4.31 Å². The molecule has 0 spiro atoms. The average Bonchev–Trinajstić information content (AvgIpc) is 2.32. The van der Waals surface area contributed by atoms with Crippen LogP contribution in [0.4, 0.5) is 0 Å². The molecule has 0 saturated heterocycles. The first kappa shape index (κ1) is 15.9. The van der Waals surface area contributed by atoms with Crippen molar-refractivity contribution in [2.45, 2.75) is 25.2 Å². The quantitative estimate of drug-likeness (QED) is 0.873. The smallest absolute Gasteiger partial charge is 0.304 e. The summed E-state index contributed by atoms with van der Waals surface area (Å²) in [6.07, 6.45) is -0.229. The number of aliphatic carboxylic acids is 1. The van der Waals surface area contributed by atoms with E-state index in [2.05, 4.69) is 0 Å². The van der Waals surface area contributed by atoms with E-state index in [1.807, 2.05) is 0 Å². The molecular weight excluding hydrogens is 290 g/mol. The highest BCUT2D eigenvalue weighted by Gasteiger charge is 2.25. The maximum absolute atomic E-state index is 12.4. The van der Waals surface area contributed by atoms with E-state index >= 15 is 0 Å². The first-order chi connectivity index (χ1) is 8.80. The Balaban J connectivity index is 3.13. The van der Waals surface area contributed by atoms with Crippen LogP contribution >= 0.6 is 11.6 Å². The second-order valence-corrected chi connectivity index (χ2v) is 6.32. The van der Waals surface area contributed by atoms with Crippen LogP contribution in [-0.2, 0) is 14.8 Å². The molecule has 0 amide bonds. The molecule has 5 nitrogen and oxygen atoms in total. The summed E-state index contributed by atoms with van der Waals surface area (Å²) in [5.41, 5.74) is 0.470. The van der Waals surface area contributed by atoms with Gasteiger partial charge in [0.15, 0.2) is 0 Å². The van der Waals surface area contributed by atoms with Gasteiger partial charge in [-0.2, -0.15) is 4.31 Å². The predicted molar refractivity (Wildman–Crippen MR) is 72.9 cm³/mol. The zero-order chi connectivity index (χ0) is 14.6. The van der Waals surface area contributed by atoms with Crippen LogP contribution in [0.25, 0.3) is 0 Å².